The Balaban J connectivity index is 1.91. The Morgan fingerprint density at radius 3 is 2.90 bits per heavy atom. The molecule has 3 aromatic heterocycles. The van der Waals surface area contributed by atoms with E-state index >= 15 is 0 Å². The molecule has 0 bridgehead atoms. The summed E-state index contributed by atoms with van der Waals surface area (Å²) >= 11 is 2.97. The predicted octanol–water partition coefficient (Wildman–Crippen LogP) is 2.53. The van der Waals surface area contributed by atoms with Gasteiger partial charge in [-0.2, -0.15) is 0 Å². The molecule has 0 unspecified atom stereocenters. The van der Waals surface area contributed by atoms with Crippen LogP contribution in [0.2, 0.25) is 0 Å². The molecule has 0 aromatic carbocycles. The van der Waals surface area contributed by atoms with Crippen molar-refractivity contribution in [2.45, 2.75) is 30.5 Å². The van der Waals surface area contributed by atoms with Crippen molar-refractivity contribution < 1.29 is 0 Å². The molecule has 0 saturated heterocycles. The standard InChI is InChI=1S/C13H14N6S2/c1-3-9-7-11(16-8(2)15-9)21-13-18-17-12(19(13)14)10-5-4-6-20-10/h4-7H,3,14H2,1-2H3. The van der Waals surface area contributed by atoms with Crippen LogP contribution in [0.5, 0.6) is 0 Å². The molecule has 0 aliphatic rings. The van der Waals surface area contributed by atoms with Crippen molar-refractivity contribution in [3.8, 4) is 10.7 Å². The summed E-state index contributed by atoms with van der Waals surface area (Å²) in [6.07, 6.45) is 0.868. The highest BCUT2D eigenvalue weighted by molar-refractivity contribution is 7.99. The van der Waals surface area contributed by atoms with Gasteiger partial charge in [0, 0.05) is 5.69 Å². The summed E-state index contributed by atoms with van der Waals surface area (Å²) < 4.78 is 1.50. The third-order valence-corrected chi connectivity index (χ3v) is 4.58. The number of hydrogen-bond donors (Lipinski definition) is 1. The monoisotopic (exact) mass is 318 g/mol. The SMILES string of the molecule is CCc1cc(Sc2nnc(-c3cccs3)n2N)nc(C)n1. The van der Waals surface area contributed by atoms with E-state index < -0.39 is 0 Å². The molecular weight excluding hydrogens is 304 g/mol. The molecule has 6 nitrogen and oxygen atoms in total. The highest BCUT2D eigenvalue weighted by Gasteiger charge is 2.14. The first-order valence-corrected chi connectivity index (χ1v) is 8.13. The van der Waals surface area contributed by atoms with Crippen molar-refractivity contribution in [2.75, 3.05) is 5.84 Å². The van der Waals surface area contributed by atoms with E-state index in [-0.39, 0.29) is 0 Å². The van der Waals surface area contributed by atoms with Gasteiger partial charge in [0.2, 0.25) is 5.16 Å². The van der Waals surface area contributed by atoms with Crippen LogP contribution in [-0.2, 0) is 6.42 Å². The van der Waals surface area contributed by atoms with E-state index in [1.54, 1.807) is 11.3 Å². The summed E-state index contributed by atoms with van der Waals surface area (Å²) in [4.78, 5) is 9.76. The number of nitrogens with two attached hydrogens (primary N) is 1. The van der Waals surface area contributed by atoms with E-state index in [1.807, 2.05) is 30.5 Å². The fraction of sp³-hybridized carbons (Fsp3) is 0.231. The minimum atomic E-state index is 0.610. The van der Waals surface area contributed by atoms with Gasteiger partial charge in [0.15, 0.2) is 5.82 Å². The van der Waals surface area contributed by atoms with Gasteiger partial charge in [-0.25, -0.2) is 14.6 Å². The summed E-state index contributed by atoms with van der Waals surface area (Å²) in [6.45, 7) is 3.95. The number of nitrogen functional groups attached to an aromatic ring is 1. The van der Waals surface area contributed by atoms with Crippen LogP contribution in [0.4, 0.5) is 0 Å². The van der Waals surface area contributed by atoms with Crippen molar-refractivity contribution >= 4 is 23.1 Å². The lowest BCUT2D eigenvalue weighted by Crippen LogP contribution is -2.11. The molecule has 0 fully saturated rings. The van der Waals surface area contributed by atoms with Crippen LogP contribution in [0.1, 0.15) is 18.4 Å². The summed E-state index contributed by atoms with van der Waals surface area (Å²) in [6, 6.07) is 5.89. The van der Waals surface area contributed by atoms with Crippen LogP contribution in [0.15, 0.2) is 33.8 Å². The fourth-order valence-corrected chi connectivity index (χ4v) is 3.38. The molecule has 3 aromatic rings. The maximum atomic E-state index is 6.09. The van der Waals surface area contributed by atoms with Gasteiger partial charge in [0.25, 0.3) is 0 Å². The zero-order valence-electron chi connectivity index (χ0n) is 11.6. The van der Waals surface area contributed by atoms with E-state index in [9.17, 15) is 0 Å². The first-order chi connectivity index (χ1) is 10.2. The van der Waals surface area contributed by atoms with E-state index in [2.05, 4.69) is 27.1 Å². The largest absolute Gasteiger partial charge is 0.335 e. The molecule has 2 N–H and O–H groups in total. The second kappa shape index (κ2) is 5.82. The van der Waals surface area contributed by atoms with Gasteiger partial charge in [0.05, 0.1) is 4.88 Å². The molecule has 0 radical (unpaired) electrons. The molecule has 8 heteroatoms. The van der Waals surface area contributed by atoms with Crippen molar-refractivity contribution in [3.63, 3.8) is 0 Å². The van der Waals surface area contributed by atoms with Gasteiger partial charge in [-0.05, 0) is 42.6 Å². The minimum absolute atomic E-state index is 0.610. The van der Waals surface area contributed by atoms with Crippen LogP contribution in [0.25, 0.3) is 10.7 Å². The van der Waals surface area contributed by atoms with E-state index in [0.29, 0.717) is 11.0 Å². The van der Waals surface area contributed by atoms with E-state index in [1.165, 1.54) is 16.4 Å². The summed E-state index contributed by atoms with van der Waals surface area (Å²) in [5, 5.41) is 11.7. The average Bonchev–Trinajstić information content (AvgIpc) is 3.09. The van der Waals surface area contributed by atoms with Crippen LogP contribution in [-0.4, -0.2) is 24.8 Å². The first-order valence-electron chi connectivity index (χ1n) is 6.44. The Morgan fingerprint density at radius 2 is 2.19 bits per heavy atom. The molecule has 0 atom stereocenters. The molecule has 3 heterocycles. The van der Waals surface area contributed by atoms with Gasteiger partial charge in [0.1, 0.15) is 10.9 Å². The molecule has 0 spiro atoms. The third-order valence-electron chi connectivity index (χ3n) is 2.83. The Bertz CT molecular complexity index is 750. The Hall–Kier alpha value is -1.93. The van der Waals surface area contributed by atoms with Crippen molar-refractivity contribution in [1.82, 2.24) is 24.8 Å². The molecule has 21 heavy (non-hydrogen) atoms. The lowest BCUT2D eigenvalue weighted by atomic mass is 10.3. The van der Waals surface area contributed by atoms with Crippen molar-refractivity contribution in [3.05, 3.63) is 35.1 Å². The van der Waals surface area contributed by atoms with Gasteiger partial charge < -0.3 is 5.84 Å². The Kier molecular flexibility index (Phi) is 3.89. The fourth-order valence-electron chi connectivity index (χ4n) is 1.85. The topological polar surface area (TPSA) is 82.5 Å². The van der Waals surface area contributed by atoms with Gasteiger partial charge in [-0.1, -0.05) is 13.0 Å². The molecular formula is C13H14N6S2. The van der Waals surface area contributed by atoms with Crippen LogP contribution in [0, 0.1) is 6.92 Å². The lowest BCUT2D eigenvalue weighted by Gasteiger charge is -2.04. The Labute approximate surface area is 130 Å². The quantitative estimate of drug-likeness (QED) is 0.588. The van der Waals surface area contributed by atoms with Gasteiger partial charge in [-0.3, -0.25) is 0 Å². The number of rotatable bonds is 4. The first kappa shape index (κ1) is 14.0. The number of hydrogen-bond acceptors (Lipinski definition) is 7. The molecule has 0 saturated carbocycles. The zero-order chi connectivity index (χ0) is 14.8. The number of nitrogens with zero attached hydrogens (tertiary/aromatic N) is 5. The second-order valence-corrected chi connectivity index (χ2v) is 6.29. The third kappa shape index (κ3) is 2.91. The van der Waals surface area contributed by atoms with Gasteiger partial charge >= 0.3 is 0 Å². The maximum Gasteiger partial charge on any atom is 0.216 e. The van der Waals surface area contributed by atoms with Crippen LogP contribution < -0.4 is 5.84 Å². The highest BCUT2D eigenvalue weighted by Crippen LogP contribution is 2.28. The maximum absolute atomic E-state index is 6.09. The normalized spacial score (nSPS) is 11.0. The summed E-state index contributed by atoms with van der Waals surface area (Å²) in [7, 11) is 0. The molecule has 3 rings (SSSR count). The number of aromatic nitrogens is 5. The van der Waals surface area contributed by atoms with Gasteiger partial charge in [-0.15, -0.1) is 21.5 Å². The van der Waals surface area contributed by atoms with Crippen LogP contribution in [0.3, 0.4) is 0 Å². The second-order valence-electron chi connectivity index (χ2n) is 4.35. The van der Waals surface area contributed by atoms with E-state index in [0.717, 1.165) is 27.8 Å². The molecule has 0 aliphatic heterocycles. The smallest absolute Gasteiger partial charge is 0.216 e. The Morgan fingerprint density at radius 1 is 1.33 bits per heavy atom. The lowest BCUT2D eigenvalue weighted by molar-refractivity contribution is 0.841. The van der Waals surface area contributed by atoms with Crippen molar-refractivity contribution in [1.29, 1.82) is 0 Å². The van der Waals surface area contributed by atoms with Crippen molar-refractivity contribution in [2.24, 2.45) is 0 Å². The summed E-state index contributed by atoms with van der Waals surface area (Å²) in [5.41, 5.74) is 1.01. The van der Waals surface area contributed by atoms with E-state index in [4.69, 9.17) is 5.84 Å². The number of thiophene rings is 1. The predicted molar refractivity (Wildman–Crippen MR) is 83.8 cm³/mol. The molecule has 0 amide bonds. The highest BCUT2D eigenvalue weighted by atomic mass is 32.2. The summed E-state index contributed by atoms with van der Waals surface area (Å²) in [5.74, 6) is 7.49. The minimum Gasteiger partial charge on any atom is -0.335 e. The number of aryl methyl sites for hydroxylation is 2. The zero-order valence-corrected chi connectivity index (χ0v) is 13.3. The molecule has 108 valence electrons. The average molecular weight is 318 g/mol. The van der Waals surface area contributed by atoms with Crippen LogP contribution >= 0.6 is 23.1 Å². The molecule has 0 aliphatic carbocycles.